The van der Waals surface area contributed by atoms with E-state index in [9.17, 15) is 118 Å². The molecule has 15 N–H and O–H groups in total. The number of hydrogen-bond acceptors (Lipinski definition) is 24. The van der Waals surface area contributed by atoms with Crippen molar-refractivity contribution in [2.45, 2.75) is 6.92 Å². The van der Waals surface area contributed by atoms with Gasteiger partial charge in [-0.25, -0.2) is 0 Å². The Morgan fingerprint density at radius 3 is 0.517 bits per heavy atom. The number of carboxylic acids is 9. The van der Waals surface area contributed by atoms with Crippen LogP contribution in [0.2, 0.25) is 0 Å². The van der Waals surface area contributed by atoms with E-state index in [1.54, 1.807) is 0 Å². The molecule has 0 rings (SSSR count). The molecule has 6 amide bonds. The summed E-state index contributed by atoms with van der Waals surface area (Å²) in [6.07, 6.45) is 0. The van der Waals surface area contributed by atoms with E-state index >= 15 is 0 Å². The van der Waals surface area contributed by atoms with Gasteiger partial charge in [0.2, 0.25) is 35.4 Å². The first-order chi connectivity index (χ1) is 41.6. The highest BCUT2D eigenvalue weighted by atomic mass is 16.4. The number of nitrogens with one attached hydrogen (secondary N) is 6. The zero-order chi connectivity index (χ0) is 67.8. The molecule has 0 aliphatic heterocycles. The molecule has 0 spiro atoms. The van der Waals surface area contributed by atoms with Gasteiger partial charge in [-0.1, -0.05) is 6.92 Å². The van der Waals surface area contributed by atoms with Crippen molar-refractivity contribution in [3.63, 3.8) is 0 Å². The number of aliphatic carboxylic acids is 9. The molecule has 0 aromatic carbocycles. The second-order valence-electron chi connectivity index (χ2n) is 20.8. The van der Waals surface area contributed by atoms with E-state index in [1.165, 1.54) is 57.5 Å². The Kier molecular flexibility index (Phi) is 40.1. The minimum absolute atomic E-state index is 0.109. The van der Waals surface area contributed by atoms with Gasteiger partial charge in [0.15, 0.2) is 0 Å². The first kappa shape index (κ1) is 80.7. The highest BCUT2D eigenvalue weighted by molar-refractivity contribution is 5.82. The normalized spacial score (nSPS) is 11.6. The summed E-state index contributed by atoms with van der Waals surface area (Å²) in [5, 5.41) is 101. The third-order valence-corrected chi connectivity index (χ3v) is 12.8. The van der Waals surface area contributed by atoms with Crippen molar-refractivity contribution in [3.05, 3.63) is 0 Å². The summed E-state index contributed by atoms with van der Waals surface area (Å²) in [7, 11) is 4.00. The quantitative estimate of drug-likeness (QED) is 0.0269. The molecule has 0 saturated carbocycles. The molecule has 0 heterocycles. The van der Waals surface area contributed by atoms with Crippen molar-refractivity contribution in [3.8, 4) is 0 Å². The lowest BCUT2D eigenvalue weighted by molar-refractivity contribution is -0.141. The second-order valence-corrected chi connectivity index (χ2v) is 20.8. The number of carboxylic acid groups (broad SMARTS) is 9. The molecule has 0 aliphatic rings. The van der Waals surface area contributed by atoms with E-state index in [0.29, 0.717) is 0 Å². The number of hydrogen-bond donors (Lipinski definition) is 15. The molecule has 506 valence electrons. The average molecular weight is 1280 g/mol. The lowest BCUT2D eigenvalue weighted by Gasteiger charge is -2.32. The molecular formula is C50H87N15O24. The Morgan fingerprint density at radius 1 is 0.236 bits per heavy atom. The summed E-state index contributed by atoms with van der Waals surface area (Å²) in [6, 6.07) is 0. The number of likely N-dealkylation sites (N-methyl/N-ethyl adjacent to an activating group) is 3. The zero-order valence-corrected chi connectivity index (χ0v) is 50.4. The van der Waals surface area contributed by atoms with Crippen LogP contribution in [0.4, 0.5) is 0 Å². The summed E-state index contributed by atoms with van der Waals surface area (Å²) in [5.41, 5.74) is -1.41. The number of rotatable bonds is 54. The van der Waals surface area contributed by atoms with Crippen LogP contribution >= 0.6 is 0 Å². The summed E-state index contributed by atoms with van der Waals surface area (Å²) in [5.74, 6) is -16.0. The minimum Gasteiger partial charge on any atom is -0.480 e. The van der Waals surface area contributed by atoms with Gasteiger partial charge in [0.05, 0.1) is 98.2 Å². The molecule has 89 heavy (non-hydrogen) atoms. The summed E-state index contributed by atoms with van der Waals surface area (Å²) < 4.78 is 0. The van der Waals surface area contributed by atoms with Crippen LogP contribution in [-0.4, -0.2) is 397 Å². The second kappa shape index (κ2) is 44.2. The smallest absolute Gasteiger partial charge is 0.317 e. The van der Waals surface area contributed by atoms with Crippen molar-refractivity contribution >= 4 is 89.2 Å². The van der Waals surface area contributed by atoms with Gasteiger partial charge < -0.3 is 77.9 Å². The van der Waals surface area contributed by atoms with Gasteiger partial charge in [-0.15, -0.1) is 0 Å². The van der Waals surface area contributed by atoms with Crippen LogP contribution < -0.4 is 31.9 Å². The van der Waals surface area contributed by atoms with Crippen molar-refractivity contribution in [2.24, 2.45) is 5.41 Å². The van der Waals surface area contributed by atoms with Crippen molar-refractivity contribution in [1.82, 2.24) is 76.0 Å². The third-order valence-electron chi connectivity index (χ3n) is 12.8. The summed E-state index contributed by atoms with van der Waals surface area (Å²) >= 11 is 0. The zero-order valence-electron chi connectivity index (χ0n) is 50.4. The molecule has 0 fully saturated rings. The molecule has 0 aliphatic carbocycles. The van der Waals surface area contributed by atoms with Gasteiger partial charge in [0.1, 0.15) is 0 Å². The summed E-state index contributed by atoms with van der Waals surface area (Å²) in [4.78, 5) is 194. The van der Waals surface area contributed by atoms with E-state index in [4.69, 9.17) is 0 Å². The fourth-order valence-electron chi connectivity index (χ4n) is 8.26. The van der Waals surface area contributed by atoms with E-state index in [0.717, 1.165) is 14.7 Å². The van der Waals surface area contributed by atoms with Gasteiger partial charge in [-0.2, -0.15) is 0 Å². The van der Waals surface area contributed by atoms with E-state index in [1.807, 2.05) is 0 Å². The lowest BCUT2D eigenvalue weighted by atomic mass is 9.90. The predicted octanol–water partition coefficient (Wildman–Crippen LogP) is -9.94. The maximum atomic E-state index is 13.7. The van der Waals surface area contributed by atoms with E-state index < -0.39 is 193 Å². The maximum Gasteiger partial charge on any atom is 0.317 e. The van der Waals surface area contributed by atoms with E-state index in [2.05, 4.69) is 31.9 Å². The third kappa shape index (κ3) is 43.1. The Bertz CT molecular complexity index is 2140. The SMILES string of the molecule is CNC(=O)CN(CCN(CCN(CC(=O)O)CC(=O)NCC(C)(CNC(=O)CN(CCN(CCN(CC(=O)O)CC(=O)NC)CC(=O)O)CC(=O)O)CNC(=O)CN(CCN(CCN(CC(=O)O)CC(=O)NC)CC(=O)O)CC(=O)O)CC(=O)O)CC(=O)O. The van der Waals surface area contributed by atoms with Crippen LogP contribution in [0.15, 0.2) is 0 Å². The van der Waals surface area contributed by atoms with Crippen molar-refractivity contribution < 1.29 is 118 Å². The molecule has 0 aromatic heterocycles. The molecule has 39 nitrogen and oxygen atoms in total. The molecule has 0 radical (unpaired) electrons. The molecule has 39 heteroatoms. The minimum atomic E-state index is -1.41. The van der Waals surface area contributed by atoms with Crippen LogP contribution in [0.1, 0.15) is 6.92 Å². The van der Waals surface area contributed by atoms with Crippen LogP contribution in [-0.2, 0) is 71.9 Å². The number of amides is 6. The standard InChI is InChI=1S/C50H87N15O24/c1-50(32-54-38(69)20-63(29-47(84)85)14-8-57(23-41(72)73)5-11-60(26-44(78)79)17-35(66)51-2,33-55-39(70)21-64(30-48(86)87)15-9-58(24-42(74)75)6-12-61(27-45(80)81)18-36(67)52-3)34-56-40(71)22-65(31-49(88)89)16-10-59(25-43(76)77)7-13-62(28-46(82)83)19-37(68)53-4/h5-34H2,1-4H3,(H,51,66)(H,52,67)(H,53,68)(H,54,69)(H,55,70)(H,56,71)(H,72,73)(H,74,75)(H,76,77)(H,78,79)(H,80,81)(H,82,83)(H,84,85)(H,86,87)(H,88,89). The number of carbonyl (C=O) groups is 15. The summed E-state index contributed by atoms with van der Waals surface area (Å²) in [6.45, 7) is -10.4. The first-order valence-electron chi connectivity index (χ1n) is 27.5. The van der Waals surface area contributed by atoms with Gasteiger partial charge in [-0.3, -0.25) is 116 Å². The largest absolute Gasteiger partial charge is 0.480 e. The first-order valence-corrected chi connectivity index (χ1v) is 27.5. The van der Waals surface area contributed by atoms with Gasteiger partial charge in [-0.05, 0) is 0 Å². The highest BCUT2D eigenvalue weighted by Gasteiger charge is 2.30. The van der Waals surface area contributed by atoms with Crippen molar-refractivity contribution in [2.75, 3.05) is 217 Å². The fourth-order valence-corrected chi connectivity index (χ4v) is 8.26. The van der Waals surface area contributed by atoms with Crippen LogP contribution in [0, 0.1) is 5.41 Å². The average Bonchev–Trinajstić information content (AvgIpc) is 3.61. The molecule has 0 bridgehead atoms. The van der Waals surface area contributed by atoms with Gasteiger partial charge >= 0.3 is 53.7 Å². The topological polar surface area (TPSA) is 539 Å². The molecule has 0 unspecified atom stereocenters. The number of carbonyl (C=O) groups excluding carboxylic acids is 6. The van der Waals surface area contributed by atoms with Crippen LogP contribution in [0.5, 0.6) is 0 Å². The van der Waals surface area contributed by atoms with Crippen LogP contribution in [0.3, 0.4) is 0 Å². The monoisotopic (exact) mass is 1280 g/mol. The number of nitrogens with zero attached hydrogens (tertiary/aromatic N) is 9. The predicted molar refractivity (Wildman–Crippen MR) is 306 cm³/mol. The Morgan fingerprint density at radius 2 is 0.371 bits per heavy atom. The molecule has 0 aromatic rings. The molecule has 0 saturated heterocycles. The van der Waals surface area contributed by atoms with Gasteiger partial charge in [0.25, 0.3) is 0 Å². The highest BCUT2D eigenvalue weighted by Crippen LogP contribution is 2.13. The van der Waals surface area contributed by atoms with E-state index in [-0.39, 0.29) is 98.2 Å². The Labute approximate surface area is 511 Å². The van der Waals surface area contributed by atoms with Crippen molar-refractivity contribution in [1.29, 1.82) is 0 Å². The molecule has 0 atom stereocenters. The lowest BCUT2D eigenvalue weighted by Crippen LogP contribution is -2.54. The van der Waals surface area contributed by atoms with Gasteiger partial charge in [0, 0.05) is 125 Å². The Balaban J connectivity index is 6.80. The fraction of sp³-hybridized carbons (Fsp3) is 0.700. The Hall–Kier alpha value is -8.31. The van der Waals surface area contributed by atoms with Crippen LogP contribution in [0.25, 0.3) is 0 Å². The maximum absolute atomic E-state index is 13.7. The molecular weight excluding hydrogens is 1190 g/mol.